The van der Waals surface area contributed by atoms with Crippen LogP contribution in [0, 0.1) is 0 Å². The van der Waals surface area contributed by atoms with Crippen molar-refractivity contribution in [2.45, 2.75) is 0 Å². The van der Waals surface area contributed by atoms with Crippen molar-refractivity contribution in [3.05, 3.63) is 170 Å². The number of para-hydroxylation sites is 2. The Morgan fingerprint density at radius 2 is 1.07 bits per heavy atom. The summed E-state index contributed by atoms with van der Waals surface area (Å²) < 4.78 is 6.15. The summed E-state index contributed by atoms with van der Waals surface area (Å²) in [5, 5.41) is 12.3. The van der Waals surface area contributed by atoms with Gasteiger partial charge in [-0.3, -0.25) is 4.57 Å². The molecule has 0 amide bonds. The summed E-state index contributed by atoms with van der Waals surface area (Å²) in [7, 11) is 0. The maximum Gasteiger partial charge on any atom is 0.163 e. The highest BCUT2D eigenvalue weighted by Gasteiger charge is 2.27. The minimum Gasteiger partial charge on any atom is -0.308 e. The molecule has 13 aromatic rings. The van der Waals surface area contributed by atoms with Crippen LogP contribution in [0.1, 0.15) is 0 Å². The Kier molecular flexibility index (Phi) is 5.74. The summed E-state index contributed by atoms with van der Waals surface area (Å²) in [5.74, 6) is 1.63. The van der Waals surface area contributed by atoms with E-state index in [0.717, 1.165) is 32.9 Å². The van der Waals surface area contributed by atoms with Gasteiger partial charge in [-0.05, 0) is 52.2 Å². The zero-order valence-electron chi connectivity index (χ0n) is 29.4. The van der Waals surface area contributed by atoms with E-state index in [1.165, 1.54) is 86.4 Å². The van der Waals surface area contributed by atoms with E-state index in [9.17, 15) is 0 Å². The van der Waals surface area contributed by atoms with Crippen LogP contribution in [0.5, 0.6) is 0 Å². The summed E-state index contributed by atoms with van der Waals surface area (Å²) in [6, 6.07) is 61.4. The van der Waals surface area contributed by atoms with E-state index in [-0.39, 0.29) is 0 Å². The van der Waals surface area contributed by atoms with Crippen molar-refractivity contribution in [1.29, 1.82) is 0 Å². The van der Waals surface area contributed by atoms with Crippen molar-refractivity contribution in [2.75, 3.05) is 0 Å². The Balaban J connectivity index is 1.21. The highest BCUT2D eigenvalue weighted by Crippen LogP contribution is 2.49. The number of hydrogen-bond acceptors (Lipinski definition) is 3. The Bertz CT molecular complexity index is 3700. The fourth-order valence-corrected chi connectivity index (χ4v) is 10.4. The van der Waals surface area contributed by atoms with Gasteiger partial charge in [-0.15, -0.1) is 11.3 Å². The predicted octanol–water partition coefficient (Wildman–Crippen LogP) is 13.6. The Morgan fingerprint density at radius 1 is 0.400 bits per heavy atom. The lowest BCUT2D eigenvalue weighted by Gasteiger charge is -2.12. The van der Waals surface area contributed by atoms with Crippen molar-refractivity contribution >= 4 is 102 Å². The Hall–Kier alpha value is -7.08. The van der Waals surface area contributed by atoms with Crippen LogP contribution in [0.3, 0.4) is 0 Å². The molecule has 0 bridgehead atoms. The van der Waals surface area contributed by atoms with Gasteiger partial charge in [0.25, 0.3) is 0 Å². The molecule has 8 aromatic carbocycles. The second-order valence-corrected chi connectivity index (χ2v) is 15.6. The number of hydrogen-bond donors (Lipinski definition) is 0. The molecule has 13 rings (SSSR count). The lowest BCUT2D eigenvalue weighted by Crippen LogP contribution is -2.02. The number of thiophene rings is 1. The molecule has 0 unspecified atom stereocenters. The van der Waals surface area contributed by atoms with Gasteiger partial charge >= 0.3 is 0 Å². The molecule has 0 N–H and O–H groups in total. The molecule has 55 heavy (non-hydrogen) atoms. The normalized spacial score (nSPS) is 12.4. The lowest BCUT2D eigenvalue weighted by atomic mass is 10.00. The number of benzene rings is 8. The molecule has 254 valence electrons. The van der Waals surface area contributed by atoms with Gasteiger partial charge in [0.2, 0.25) is 0 Å². The zero-order valence-corrected chi connectivity index (χ0v) is 30.2. The van der Waals surface area contributed by atoms with E-state index in [4.69, 9.17) is 9.97 Å². The van der Waals surface area contributed by atoms with Gasteiger partial charge in [0.15, 0.2) is 11.6 Å². The summed E-state index contributed by atoms with van der Waals surface area (Å²) in [6.07, 6.45) is 0. The minimum atomic E-state index is 0.720. The van der Waals surface area contributed by atoms with Crippen LogP contribution in [0.15, 0.2) is 170 Å². The van der Waals surface area contributed by atoms with Crippen molar-refractivity contribution in [3.8, 4) is 28.3 Å². The highest BCUT2D eigenvalue weighted by atomic mass is 32.1. The lowest BCUT2D eigenvalue weighted by molar-refractivity contribution is 1.08. The third-order valence-electron chi connectivity index (χ3n) is 11.7. The molecule has 0 radical (unpaired) electrons. The van der Waals surface area contributed by atoms with Crippen molar-refractivity contribution < 1.29 is 0 Å². The first-order valence-corrected chi connectivity index (χ1v) is 19.5. The number of fused-ring (bicyclic) bond motifs is 15. The van der Waals surface area contributed by atoms with Crippen LogP contribution in [-0.4, -0.2) is 18.9 Å². The van der Waals surface area contributed by atoms with Gasteiger partial charge in [0.05, 0.1) is 33.0 Å². The fraction of sp³-hybridized carbons (Fsp3) is 0. The van der Waals surface area contributed by atoms with Crippen molar-refractivity contribution in [2.24, 2.45) is 0 Å². The topological polar surface area (TPSA) is 35.1 Å². The monoisotopic (exact) mass is 716 g/mol. The standard InChI is InChI=1S/C50H28N4S/c1-2-12-29(13-3-1)30-22-24-32(25-23-30)48-51-49(45-36-18-8-11-21-42(36)55-50(45)52-48)54-39-19-9-6-16-34(39)37-28-38-43-33-15-5-4-14-31(33)26-27-41(43)53-40-20-10-7-17-35(40)44(46(37)54)47(38)53/h1-28H. The van der Waals surface area contributed by atoms with Gasteiger partial charge in [0.1, 0.15) is 4.83 Å². The quantitative estimate of drug-likeness (QED) is 0.182. The van der Waals surface area contributed by atoms with Crippen LogP contribution in [0.2, 0.25) is 0 Å². The van der Waals surface area contributed by atoms with E-state index in [1.807, 2.05) is 0 Å². The molecule has 0 aliphatic rings. The first-order valence-electron chi connectivity index (χ1n) is 18.7. The molecule has 0 saturated heterocycles. The second kappa shape index (κ2) is 10.8. The summed E-state index contributed by atoms with van der Waals surface area (Å²) >= 11 is 1.74. The van der Waals surface area contributed by atoms with E-state index in [2.05, 4.69) is 179 Å². The number of aromatic nitrogens is 4. The SMILES string of the molecule is c1ccc(-c2ccc(-c3nc(-n4c5ccccc5c5cc6c7c8ccccc8ccc7n7c8ccccc8c(c54)c67)c4c(n3)sc3ccccc34)cc2)cc1. The van der Waals surface area contributed by atoms with E-state index in [1.54, 1.807) is 11.3 Å². The minimum absolute atomic E-state index is 0.720. The molecule has 0 saturated carbocycles. The molecule has 5 aromatic heterocycles. The van der Waals surface area contributed by atoms with Gasteiger partial charge < -0.3 is 4.40 Å². The Morgan fingerprint density at radius 3 is 1.93 bits per heavy atom. The van der Waals surface area contributed by atoms with E-state index in [0.29, 0.717) is 0 Å². The van der Waals surface area contributed by atoms with Crippen LogP contribution in [0.4, 0.5) is 0 Å². The highest BCUT2D eigenvalue weighted by molar-refractivity contribution is 7.25. The molecule has 0 spiro atoms. The molecule has 0 aliphatic carbocycles. The van der Waals surface area contributed by atoms with Crippen LogP contribution < -0.4 is 0 Å². The molecule has 5 heteroatoms. The second-order valence-electron chi connectivity index (χ2n) is 14.5. The summed E-state index contributed by atoms with van der Waals surface area (Å²) in [6.45, 7) is 0. The third kappa shape index (κ3) is 3.89. The molecule has 5 heterocycles. The average molecular weight is 717 g/mol. The summed E-state index contributed by atoms with van der Waals surface area (Å²) in [5.41, 5.74) is 9.36. The molecular formula is C50H28N4S. The van der Waals surface area contributed by atoms with Crippen LogP contribution >= 0.6 is 11.3 Å². The maximum atomic E-state index is 5.60. The largest absolute Gasteiger partial charge is 0.308 e. The smallest absolute Gasteiger partial charge is 0.163 e. The molecule has 0 atom stereocenters. The summed E-state index contributed by atoms with van der Waals surface area (Å²) in [4.78, 5) is 11.9. The van der Waals surface area contributed by atoms with Crippen LogP contribution in [0.25, 0.3) is 119 Å². The maximum absolute atomic E-state index is 5.60. The average Bonchev–Trinajstić information content (AvgIpc) is 3.99. The fourth-order valence-electron chi connectivity index (χ4n) is 9.33. The van der Waals surface area contributed by atoms with Gasteiger partial charge in [-0.2, -0.15) is 0 Å². The first kappa shape index (κ1) is 29.4. The molecule has 0 fully saturated rings. The Labute approximate surface area is 318 Å². The van der Waals surface area contributed by atoms with Crippen LogP contribution in [-0.2, 0) is 0 Å². The van der Waals surface area contributed by atoms with Crippen molar-refractivity contribution in [1.82, 2.24) is 18.9 Å². The first-order chi connectivity index (χ1) is 27.3. The molecular weight excluding hydrogens is 689 g/mol. The van der Waals surface area contributed by atoms with Crippen molar-refractivity contribution in [3.63, 3.8) is 0 Å². The van der Waals surface area contributed by atoms with Gasteiger partial charge in [-0.1, -0.05) is 140 Å². The number of nitrogens with zero attached hydrogens (tertiary/aromatic N) is 4. The molecule has 4 nitrogen and oxygen atoms in total. The van der Waals surface area contributed by atoms with E-state index < -0.39 is 0 Å². The third-order valence-corrected chi connectivity index (χ3v) is 12.7. The van der Waals surface area contributed by atoms with Gasteiger partial charge in [0, 0.05) is 48.0 Å². The predicted molar refractivity (Wildman–Crippen MR) is 232 cm³/mol. The van der Waals surface area contributed by atoms with Gasteiger partial charge in [-0.25, -0.2) is 9.97 Å². The zero-order chi connectivity index (χ0) is 35.8. The molecule has 0 aliphatic heterocycles. The number of rotatable bonds is 3. The van der Waals surface area contributed by atoms with E-state index >= 15 is 0 Å².